The zero-order valence-corrected chi connectivity index (χ0v) is 12.3. The molecule has 2 atom stereocenters. The molecule has 0 saturated carbocycles. The summed E-state index contributed by atoms with van der Waals surface area (Å²) < 4.78 is 2.18. The topological polar surface area (TPSA) is 26.0 Å². The van der Waals surface area contributed by atoms with Crippen LogP contribution in [0.4, 0.5) is 0 Å². The summed E-state index contributed by atoms with van der Waals surface area (Å²) in [6, 6.07) is 6.26. The predicted octanol–water partition coefficient (Wildman–Crippen LogP) is 4.65. The maximum absolute atomic E-state index is 6.24. The van der Waals surface area contributed by atoms with E-state index in [0.717, 1.165) is 8.95 Å². The molecule has 1 aromatic rings. The summed E-state index contributed by atoms with van der Waals surface area (Å²) >= 11 is 7.03. The molecule has 0 amide bonds. The van der Waals surface area contributed by atoms with E-state index >= 15 is 0 Å². The Hall–Kier alpha value is 0.140. The lowest BCUT2D eigenvalue weighted by Gasteiger charge is -2.21. The Bertz CT molecular complexity index is 325. The molecule has 0 aliphatic heterocycles. The second-order valence-corrected chi connectivity index (χ2v) is 5.73. The molecule has 0 fully saturated rings. The standard InChI is InChI=1S/C12H17Br2N/c1-3-4-8(2)12(15)10-7-9(13)5-6-11(10)14/h5-8,12H,3-4,15H2,1-2H3. The van der Waals surface area contributed by atoms with Crippen molar-refractivity contribution in [3.05, 3.63) is 32.7 Å². The zero-order valence-electron chi connectivity index (χ0n) is 9.13. The van der Waals surface area contributed by atoms with Crippen LogP contribution in [0.5, 0.6) is 0 Å². The van der Waals surface area contributed by atoms with Crippen LogP contribution in [0.2, 0.25) is 0 Å². The summed E-state index contributed by atoms with van der Waals surface area (Å²) in [6.45, 7) is 4.40. The third-order valence-corrected chi connectivity index (χ3v) is 3.89. The lowest BCUT2D eigenvalue weighted by molar-refractivity contribution is 0.432. The van der Waals surface area contributed by atoms with Crippen molar-refractivity contribution in [2.75, 3.05) is 0 Å². The van der Waals surface area contributed by atoms with Crippen LogP contribution in [0, 0.1) is 5.92 Å². The SMILES string of the molecule is CCCC(C)C(N)c1cc(Br)ccc1Br. The van der Waals surface area contributed by atoms with Crippen molar-refractivity contribution in [2.45, 2.75) is 32.7 Å². The molecule has 1 nitrogen and oxygen atoms in total. The van der Waals surface area contributed by atoms with Crippen LogP contribution in [0.25, 0.3) is 0 Å². The summed E-state index contributed by atoms with van der Waals surface area (Å²) in [5.74, 6) is 0.514. The molecule has 1 aromatic carbocycles. The quantitative estimate of drug-likeness (QED) is 0.852. The van der Waals surface area contributed by atoms with Crippen LogP contribution in [0.3, 0.4) is 0 Å². The zero-order chi connectivity index (χ0) is 11.4. The molecule has 15 heavy (non-hydrogen) atoms. The van der Waals surface area contributed by atoms with E-state index < -0.39 is 0 Å². The maximum atomic E-state index is 6.24. The van der Waals surface area contributed by atoms with Gasteiger partial charge in [-0.25, -0.2) is 0 Å². The van der Waals surface area contributed by atoms with Gasteiger partial charge >= 0.3 is 0 Å². The van der Waals surface area contributed by atoms with Crippen molar-refractivity contribution < 1.29 is 0 Å². The highest BCUT2D eigenvalue weighted by Gasteiger charge is 2.16. The first-order chi connectivity index (χ1) is 7.06. The van der Waals surface area contributed by atoms with Crippen LogP contribution >= 0.6 is 31.9 Å². The Morgan fingerprint density at radius 3 is 2.60 bits per heavy atom. The fourth-order valence-electron chi connectivity index (χ4n) is 1.71. The van der Waals surface area contributed by atoms with Crippen LogP contribution in [0.1, 0.15) is 38.3 Å². The molecule has 1 rings (SSSR count). The van der Waals surface area contributed by atoms with Gasteiger partial charge < -0.3 is 5.73 Å². The van der Waals surface area contributed by atoms with Crippen molar-refractivity contribution >= 4 is 31.9 Å². The number of rotatable bonds is 4. The fraction of sp³-hybridized carbons (Fsp3) is 0.500. The molecule has 0 bridgehead atoms. The van der Waals surface area contributed by atoms with Gasteiger partial charge in [-0.2, -0.15) is 0 Å². The summed E-state index contributed by atoms with van der Waals surface area (Å²) in [6.07, 6.45) is 2.35. The van der Waals surface area contributed by atoms with E-state index in [1.54, 1.807) is 0 Å². The molecule has 0 aromatic heterocycles. The van der Waals surface area contributed by atoms with E-state index in [1.165, 1.54) is 18.4 Å². The van der Waals surface area contributed by atoms with Gasteiger partial charge in [0, 0.05) is 15.0 Å². The molecular weight excluding hydrogens is 318 g/mol. The minimum atomic E-state index is 0.108. The van der Waals surface area contributed by atoms with Crippen LogP contribution in [0.15, 0.2) is 27.1 Å². The van der Waals surface area contributed by atoms with E-state index in [1.807, 2.05) is 12.1 Å². The summed E-state index contributed by atoms with van der Waals surface area (Å²) in [4.78, 5) is 0. The lowest BCUT2D eigenvalue weighted by Crippen LogP contribution is -2.19. The predicted molar refractivity (Wildman–Crippen MR) is 72.8 cm³/mol. The molecule has 0 saturated heterocycles. The molecule has 3 heteroatoms. The Balaban J connectivity index is 2.89. The Kier molecular flexibility index (Phi) is 5.30. The van der Waals surface area contributed by atoms with Crippen LogP contribution in [-0.4, -0.2) is 0 Å². The van der Waals surface area contributed by atoms with E-state index in [9.17, 15) is 0 Å². The number of hydrogen-bond acceptors (Lipinski definition) is 1. The highest BCUT2D eigenvalue weighted by molar-refractivity contribution is 9.11. The maximum Gasteiger partial charge on any atom is 0.0332 e. The monoisotopic (exact) mass is 333 g/mol. The average molecular weight is 335 g/mol. The summed E-state index contributed by atoms with van der Waals surface area (Å²) in [5.41, 5.74) is 7.43. The molecule has 0 spiro atoms. The van der Waals surface area contributed by atoms with Crippen molar-refractivity contribution in [3.8, 4) is 0 Å². The first-order valence-electron chi connectivity index (χ1n) is 5.26. The van der Waals surface area contributed by atoms with E-state index in [-0.39, 0.29) is 6.04 Å². The highest BCUT2D eigenvalue weighted by Crippen LogP contribution is 2.31. The summed E-state index contributed by atoms with van der Waals surface area (Å²) in [7, 11) is 0. The van der Waals surface area contributed by atoms with Crippen LogP contribution < -0.4 is 5.73 Å². The fourth-order valence-corrected chi connectivity index (χ4v) is 2.60. The Labute approximate surface area is 109 Å². The summed E-state index contributed by atoms with van der Waals surface area (Å²) in [5, 5.41) is 0. The van der Waals surface area contributed by atoms with Gasteiger partial charge in [0.25, 0.3) is 0 Å². The van der Waals surface area contributed by atoms with E-state index in [0.29, 0.717) is 5.92 Å². The lowest BCUT2D eigenvalue weighted by atomic mass is 9.92. The van der Waals surface area contributed by atoms with Gasteiger partial charge in [0.2, 0.25) is 0 Å². The van der Waals surface area contributed by atoms with Crippen molar-refractivity contribution in [1.82, 2.24) is 0 Å². The van der Waals surface area contributed by atoms with Crippen molar-refractivity contribution in [3.63, 3.8) is 0 Å². The average Bonchev–Trinajstić information content (AvgIpc) is 2.21. The third kappa shape index (κ3) is 3.58. The van der Waals surface area contributed by atoms with Gasteiger partial charge in [-0.05, 0) is 36.1 Å². The molecule has 2 unspecified atom stereocenters. The van der Waals surface area contributed by atoms with Gasteiger partial charge in [-0.3, -0.25) is 0 Å². The normalized spacial score (nSPS) is 15.0. The number of benzene rings is 1. The van der Waals surface area contributed by atoms with Gasteiger partial charge in [-0.15, -0.1) is 0 Å². The Morgan fingerprint density at radius 2 is 2.00 bits per heavy atom. The molecule has 0 aliphatic rings. The molecular formula is C12H17Br2N. The Morgan fingerprint density at radius 1 is 1.33 bits per heavy atom. The third-order valence-electron chi connectivity index (χ3n) is 2.67. The van der Waals surface area contributed by atoms with Crippen molar-refractivity contribution in [2.24, 2.45) is 11.7 Å². The van der Waals surface area contributed by atoms with E-state index in [2.05, 4.69) is 51.8 Å². The smallest absolute Gasteiger partial charge is 0.0332 e. The molecule has 2 N–H and O–H groups in total. The molecule has 0 heterocycles. The number of hydrogen-bond donors (Lipinski definition) is 1. The second kappa shape index (κ2) is 6.02. The van der Waals surface area contributed by atoms with E-state index in [4.69, 9.17) is 5.73 Å². The van der Waals surface area contributed by atoms with Gasteiger partial charge in [-0.1, -0.05) is 52.1 Å². The van der Waals surface area contributed by atoms with Gasteiger partial charge in [0.05, 0.1) is 0 Å². The number of nitrogens with two attached hydrogens (primary N) is 1. The second-order valence-electron chi connectivity index (χ2n) is 3.96. The minimum Gasteiger partial charge on any atom is -0.324 e. The molecule has 0 aliphatic carbocycles. The minimum absolute atomic E-state index is 0.108. The van der Waals surface area contributed by atoms with Gasteiger partial charge in [0.15, 0.2) is 0 Å². The largest absolute Gasteiger partial charge is 0.324 e. The highest BCUT2D eigenvalue weighted by atomic mass is 79.9. The molecule has 84 valence electrons. The molecule has 0 radical (unpaired) electrons. The number of halogens is 2. The van der Waals surface area contributed by atoms with Crippen molar-refractivity contribution in [1.29, 1.82) is 0 Å². The first kappa shape index (κ1) is 13.2. The first-order valence-corrected chi connectivity index (χ1v) is 6.85. The van der Waals surface area contributed by atoms with Gasteiger partial charge in [0.1, 0.15) is 0 Å². The van der Waals surface area contributed by atoms with Crippen LogP contribution in [-0.2, 0) is 0 Å².